The van der Waals surface area contributed by atoms with Crippen LogP contribution in [0.4, 0.5) is 0 Å². The molecule has 0 atom stereocenters. The molecule has 1 aliphatic rings. The molecule has 0 unspecified atom stereocenters. The Labute approximate surface area is 121 Å². The predicted octanol–water partition coefficient (Wildman–Crippen LogP) is 1.84. The summed E-state index contributed by atoms with van der Waals surface area (Å²) in [6, 6.07) is 6.39. The summed E-state index contributed by atoms with van der Waals surface area (Å²) in [5, 5.41) is 9.14. The molecule has 1 heterocycles. The summed E-state index contributed by atoms with van der Waals surface area (Å²) in [6.07, 6.45) is 0.953. The highest BCUT2D eigenvalue weighted by Crippen LogP contribution is 2.35. The minimum absolute atomic E-state index is 0.0954. The average Bonchev–Trinajstić information content (AvgIpc) is 2.69. The van der Waals surface area contributed by atoms with Gasteiger partial charge in [-0.05, 0) is 31.0 Å². The van der Waals surface area contributed by atoms with Crippen LogP contribution in [0.2, 0.25) is 0 Å². The third kappa shape index (κ3) is 3.95. The number of aliphatic hydroxyl groups is 1. The van der Waals surface area contributed by atoms with E-state index in [4.69, 9.17) is 14.6 Å². The number of benzene rings is 1. The molecule has 1 N–H and O–H groups in total. The van der Waals surface area contributed by atoms with Gasteiger partial charge >= 0.3 is 0 Å². The Morgan fingerprint density at radius 1 is 1.35 bits per heavy atom. The molecule has 0 fully saturated rings. The van der Waals surface area contributed by atoms with Gasteiger partial charge in [0, 0.05) is 33.2 Å². The highest BCUT2D eigenvalue weighted by molar-refractivity contribution is 5.41. The van der Waals surface area contributed by atoms with Crippen molar-refractivity contribution in [1.82, 2.24) is 4.90 Å². The quantitative estimate of drug-likeness (QED) is 0.827. The van der Waals surface area contributed by atoms with Crippen LogP contribution in [0.15, 0.2) is 18.2 Å². The van der Waals surface area contributed by atoms with Crippen LogP contribution in [0, 0.1) is 0 Å². The van der Waals surface area contributed by atoms with Crippen LogP contribution in [-0.2, 0) is 17.7 Å². The standard InChI is InChI=1S/C16H25NO3/c1-16(2)11-14-10-13(4-5-15(14)20-16)12-17(6-8-18)7-9-19-3/h4-5,10,18H,6-9,11-12H2,1-3H3. The molecule has 112 valence electrons. The Balaban J connectivity index is 2.03. The van der Waals surface area contributed by atoms with Gasteiger partial charge in [-0.1, -0.05) is 12.1 Å². The van der Waals surface area contributed by atoms with Gasteiger partial charge in [0.2, 0.25) is 0 Å². The molecule has 0 bridgehead atoms. The Morgan fingerprint density at radius 2 is 2.15 bits per heavy atom. The van der Waals surface area contributed by atoms with E-state index in [9.17, 15) is 0 Å². The fraction of sp³-hybridized carbons (Fsp3) is 0.625. The Hall–Kier alpha value is -1.10. The van der Waals surface area contributed by atoms with Crippen molar-refractivity contribution in [3.05, 3.63) is 29.3 Å². The number of hydrogen-bond acceptors (Lipinski definition) is 4. The number of fused-ring (bicyclic) bond motifs is 1. The van der Waals surface area contributed by atoms with E-state index < -0.39 is 0 Å². The normalized spacial score (nSPS) is 16.2. The summed E-state index contributed by atoms with van der Waals surface area (Å²) >= 11 is 0. The largest absolute Gasteiger partial charge is 0.487 e. The first-order valence-electron chi connectivity index (χ1n) is 7.17. The van der Waals surface area contributed by atoms with Crippen molar-refractivity contribution in [2.75, 3.05) is 33.4 Å². The molecule has 2 rings (SSSR count). The van der Waals surface area contributed by atoms with Gasteiger partial charge in [-0.15, -0.1) is 0 Å². The lowest BCUT2D eigenvalue weighted by Crippen LogP contribution is -2.29. The fourth-order valence-electron chi connectivity index (χ4n) is 2.65. The number of methoxy groups -OCH3 is 1. The van der Waals surface area contributed by atoms with Gasteiger partial charge in [-0.3, -0.25) is 4.90 Å². The van der Waals surface area contributed by atoms with Gasteiger partial charge in [0.05, 0.1) is 13.2 Å². The first-order valence-corrected chi connectivity index (χ1v) is 7.17. The summed E-state index contributed by atoms with van der Waals surface area (Å²) in [5.41, 5.74) is 2.44. The van der Waals surface area contributed by atoms with Crippen molar-refractivity contribution in [3.63, 3.8) is 0 Å². The average molecular weight is 279 g/mol. The number of hydrogen-bond donors (Lipinski definition) is 1. The third-order valence-electron chi connectivity index (χ3n) is 3.56. The summed E-state index contributed by atoms with van der Waals surface area (Å²) in [6.45, 7) is 7.41. The number of aliphatic hydroxyl groups excluding tert-OH is 1. The minimum Gasteiger partial charge on any atom is -0.487 e. The molecular weight excluding hydrogens is 254 g/mol. The molecule has 0 amide bonds. The summed E-state index contributed by atoms with van der Waals surface area (Å²) in [4.78, 5) is 2.20. The second-order valence-electron chi connectivity index (χ2n) is 5.97. The molecule has 1 aromatic carbocycles. The molecule has 20 heavy (non-hydrogen) atoms. The molecule has 0 radical (unpaired) electrons. The van der Waals surface area contributed by atoms with Gasteiger partial charge < -0.3 is 14.6 Å². The number of ether oxygens (including phenoxy) is 2. The predicted molar refractivity (Wildman–Crippen MR) is 79.1 cm³/mol. The molecule has 0 spiro atoms. The van der Waals surface area contributed by atoms with Crippen molar-refractivity contribution in [2.24, 2.45) is 0 Å². The summed E-state index contributed by atoms with van der Waals surface area (Å²) in [5.74, 6) is 1.00. The molecular formula is C16H25NO3. The number of nitrogens with zero attached hydrogens (tertiary/aromatic N) is 1. The van der Waals surface area contributed by atoms with Gasteiger partial charge in [-0.2, -0.15) is 0 Å². The van der Waals surface area contributed by atoms with Crippen LogP contribution in [0.1, 0.15) is 25.0 Å². The molecule has 4 heteroatoms. The molecule has 0 saturated heterocycles. The van der Waals surface area contributed by atoms with E-state index >= 15 is 0 Å². The van der Waals surface area contributed by atoms with Gasteiger partial charge in [0.15, 0.2) is 0 Å². The van der Waals surface area contributed by atoms with E-state index in [0.29, 0.717) is 13.2 Å². The SMILES string of the molecule is COCCN(CCO)Cc1ccc2c(c1)CC(C)(C)O2. The maximum absolute atomic E-state index is 9.14. The molecule has 1 aromatic rings. The maximum Gasteiger partial charge on any atom is 0.123 e. The van der Waals surface area contributed by atoms with Crippen LogP contribution in [0.5, 0.6) is 5.75 Å². The van der Waals surface area contributed by atoms with E-state index in [1.54, 1.807) is 7.11 Å². The Kier molecular flexibility index (Phi) is 5.02. The molecule has 4 nitrogen and oxygen atoms in total. The molecule has 1 aliphatic heterocycles. The van der Waals surface area contributed by atoms with Crippen molar-refractivity contribution in [2.45, 2.75) is 32.4 Å². The van der Waals surface area contributed by atoms with Crippen molar-refractivity contribution in [1.29, 1.82) is 0 Å². The Morgan fingerprint density at radius 3 is 2.85 bits per heavy atom. The highest BCUT2D eigenvalue weighted by atomic mass is 16.5. The lowest BCUT2D eigenvalue weighted by molar-refractivity contribution is 0.127. The zero-order chi connectivity index (χ0) is 14.6. The lowest BCUT2D eigenvalue weighted by Gasteiger charge is -2.21. The lowest BCUT2D eigenvalue weighted by atomic mass is 10.00. The second kappa shape index (κ2) is 6.57. The van der Waals surface area contributed by atoms with Gasteiger partial charge in [-0.25, -0.2) is 0 Å². The maximum atomic E-state index is 9.14. The zero-order valence-electron chi connectivity index (χ0n) is 12.7. The fourth-order valence-corrected chi connectivity index (χ4v) is 2.65. The van der Waals surface area contributed by atoms with Gasteiger partial charge in [0.1, 0.15) is 11.4 Å². The van der Waals surface area contributed by atoms with Crippen molar-refractivity contribution >= 4 is 0 Å². The highest BCUT2D eigenvalue weighted by Gasteiger charge is 2.29. The van der Waals surface area contributed by atoms with E-state index in [0.717, 1.165) is 25.3 Å². The zero-order valence-corrected chi connectivity index (χ0v) is 12.7. The third-order valence-corrected chi connectivity index (χ3v) is 3.56. The van der Waals surface area contributed by atoms with E-state index in [2.05, 4.69) is 36.9 Å². The molecule has 0 saturated carbocycles. The Bertz CT molecular complexity index is 445. The van der Waals surface area contributed by atoms with Crippen LogP contribution < -0.4 is 4.74 Å². The summed E-state index contributed by atoms with van der Waals surface area (Å²) < 4.78 is 11.0. The first-order chi connectivity index (χ1) is 9.54. The van der Waals surface area contributed by atoms with Crippen LogP contribution in [0.25, 0.3) is 0 Å². The second-order valence-corrected chi connectivity index (χ2v) is 5.97. The van der Waals surface area contributed by atoms with Crippen LogP contribution >= 0.6 is 0 Å². The van der Waals surface area contributed by atoms with Crippen molar-refractivity contribution < 1.29 is 14.6 Å². The molecule has 0 aliphatic carbocycles. The van der Waals surface area contributed by atoms with Crippen LogP contribution in [0.3, 0.4) is 0 Å². The van der Waals surface area contributed by atoms with Crippen molar-refractivity contribution in [3.8, 4) is 5.75 Å². The molecule has 0 aromatic heterocycles. The first kappa shape index (κ1) is 15.3. The smallest absolute Gasteiger partial charge is 0.123 e. The minimum atomic E-state index is -0.0954. The topological polar surface area (TPSA) is 41.9 Å². The monoisotopic (exact) mass is 279 g/mol. The van der Waals surface area contributed by atoms with Crippen LogP contribution in [-0.4, -0.2) is 49.0 Å². The van der Waals surface area contributed by atoms with E-state index in [1.165, 1.54) is 11.1 Å². The number of rotatable bonds is 7. The van der Waals surface area contributed by atoms with E-state index in [-0.39, 0.29) is 12.2 Å². The van der Waals surface area contributed by atoms with Gasteiger partial charge in [0.25, 0.3) is 0 Å². The summed E-state index contributed by atoms with van der Waals surface area (Å²) in [7, 11) is 1.70. The van der Waals surface area contributed by atoms with E-state index in [1.807, 2.05) is 0 Å².